The highest BCUT2D eigenvalue weighted by atomic mass is 19.1. The zero-order valence-corrected chi connectivity index (χ0v) is 25.4. The molecular formula is C41H29FN4. The van der Waals surface area contributed by atoms with Gasteiger partial charge in [0, 0.05) is 27.5 Å². The fourth-order valence-corrected chi connectivity index (χ4v) is 6.15. The Labute approximate surface area is 266 Å². The molecule has 0 saturated carbocycles. The maximum absolute atomic E-state index is 13.9. The van der Waals surface area contributed by atoms with Gasteiger partial charge < -0.3 is 4.57 Å². The van der Waals surface area contributed by atoms with Gasteiger partial charge in [-0.05, 0) is 72.5 Å². The molecule has 8 aromatic rings. The number of aromatic nitrogens is 4. The van der Waals surface area contributed by atoms with E-state index < -0.39 is 0 Å². The van der Waals surface area contributed by atoms with E-state index in [1.807, 2.05) is 72.8 Å². The van der Waals surface area contributed by atoms with Gasteiger partial charge in [-0.2, -0.15) is 0 Å². The number of nitrogens with zero attached hydrogens (tertiary/aromatic N) is 4. The van der Waals surface area contributed by atoms with Gasteiger partial charge in [0.2, 0.25) is 0 Å². The molecule has 0 radical (unpaired) electrons. The smallest absolute Gasteiger partial charge is 0.166 e. The van der Waals surface area contributed by atoms with Crippen LogP contribution in [0.1, 0.15) is 11.1 Å². The van der Waals surface area contributed by atoms with Crippen molar-refractivity contribution >= 4 is 21.8 Å². The fraction of sp³-hybridized carbons (Fsp3) is 0.0488. The van der Waals surface area contributed by atoms with Gasteiger partial charge >= 0.3 is 0 Å². The highest BCUT2D eigenvalue weighted by Gasteiger charge is 2.20. The Bertz CT molecular complexity index is 2260. The summed E-state index contributed by atoms with van der Waals surface area (Å²) < 4.78 is 16.3. The van der Waals surface area contributed by atoms with Crippen molar-refractivity contribution in [3.8, 4) is 51.0 Å². The van der Waals surface area contributed by atoms with Gasteiger partial charge in [0.25, 0.3) is 0 Å². The van der Waals surface area contributed by atoms with Gasteiger partial charge in [-0.1, -0.05) is 103 Å². The average Bonchev–Trinajstić information content (AvgIpc) is 3.41. The monoisotopic (exact) mass is 596 g/mol. The number of rotatable bonds is 5. The second kappa shape index (κ2) is 11.2. The molecule has 220 valence electrons. The number of aryl methyl sites for hydroxylation is 2. The van der Waals surface area contributed by atoms with Crippen LogP contribution < -0.4 is 0 Å². The van der Waals surface area contributed by atoms with Crippen LogP contribution in [0.4, 0.5) is 4.39 Å². The average molecular weight is 597 g/mol. The minimum Gasteiger partial charge on any atom is -0.308 e. The van der Waals surface area contributed by atoms with Crippen LogP contribution in [0.15, 0.2) is 140 Å². The van der Waals surface area contributed by atoms with E-state index in [0.717, 1.165) is 44.5 Å². The van der Waals surface area contributed by atoms with Crippen molar-refractivity contribution in [3.05, 3.63) is 156 Å². The van der Waals surface area contributed by atoms with E-state index in [4.69, 9.17) is 15.0 Å². The first-order valence-electron chi connectivity index (χ1n) is 15.3. The first-order chi connectivity index (χ1) is 22.5. The third-order valence-corrected chi connectivity index (χ3v) is 8.43. The highest BCUT2D eigenvalue weighted by molar-refractivity contribution is 6.10. The summed E-state index contributed by atoms with van der Waals surface area (Å²) in [5.41, 5.74) is 10.0. The molecule has 46 heavy (non-hydrogen) atoms. The van der Waals surface area contributed by atoms with Crippen molar-refractivity contribution in [2.45, 2.75) is 13.8 Å². The molecule has 0 saturated heterocycles. The standard InChI is InChI=1S/C41H29FN4/c1-26-13-20-33-34-21-14-27(2)24-37(34)46(36(33)23-26)38-25-31(28-15-18-32(42)19-16-28)17-22-35(38)41-44-39(29-9-5-3-6-10-29)43-40(45-41)30-11-7-4-8-12-30/h3-25H,1-2H3. The van der Waals surface area contributed by atoms with Crippen molar-refractivity contribution in [1.82, 2.24) is 19.5 Å². The number of fused-ring (bicyclic) bond motifs is 3. The van der Waals surface area contributed by atoms with Gasteiger partial charge in [-0.15, -0.1) is 0 Å². The lowest BCUT2D eigenvalue weighted by atomic mass is 10.0. The minimum atomic E-state index is -0.263. The first-order valence-corrected chi connectivity index (χ1v) is 15.3. The molecule has 0 aliphatic rings. The lowest BCUT2D eigenvalue weighted by molar-refractivity contribution is 0.628. The molecule has 2 heterocycles. The van der Waals surface area contributed by atoms with Crippen LogP contribution in [0.25, 0.3) is 72.8 Å². The zero-order chi connectivity index (χ0) is 31.2. The van der Waals surface area contributed by atoms with Gasteiger partial charge in [-0.25, -0.2) is 19.3 Å². The molecule has 4 nitrogen and oxygen atoms in total. The number of halogens is 1. The van der Waals surface area contributed by atoms with E-state index in [2.05, 4.69) is 73.0 Å². The molecule has 6 aromatic carbocycles. The van der Waals surface area contributed by atoms with Gasteiger partial charge in [0.1, 0.15) is 5.82 Å². The van der Waals surface area contributed by atoms with E-state index >= 15 is 0 Å². The van der Waals surface area contributed by atoms with Crippen molar-refractivity contribution in [2.75, 3.05) is 0 Å². The number of hydrogen-bond donors (Lipinski definition) is 0. The number of benzene rings is 6. The molecular weight excluding hydrogens is 567 g/mol. The molecule has 2 aromatic heterocycles. The summed E-state index contributed by atoms with van der Waals surface area (Å²) in [6.45, 7) is 4.24. The van der Waals surface area contributed by atoms with E-state index in [0.29, 0.717) is 17.5 Å². The molecule has 0 N–H and O–H groups in total. The summed E-state index contributed by atoms with van der Waals surface area (Å²) in [5.74, 6) is 1.52. The van der Waals surface area contributed by atoms with Crippen molar-refractivity contribution in [3.63, 3.8) is 0 Å². The zero-order valence-electron chi connectivity index (χ0n) is 25.4. The van der Waals surface area contributed by atoms with E-state index in [1.165, 1.54) is 34.0 Å². The predicted octanol–water partition coefficient (Wildman–Crippen LogP) is 10.4. The molecule has 0 amide bonds. The van der Waals surface area contributed by atoms with Gasteiger partial charge in [0.15, 0.2) is 17.5 Å². The summed E-state index contributed by atoms with van der Waals surface area (Å²) in [6, 6.07) is 46.2. The third-order valence-electron chi connectivity index (χ3n) is 8.43. The molecule has 0 atom stereocenters. The molecule has 0 bridgehead atoms. The third kappa shape index (κ3) is 4.92. The summed E-state index contributed by atoms with van der Waals surface area (Å²) in [5, 5.41) is 2.34. The van der Waals surface area contributed by atoms with E-state index in [-0.39, 0.29) is 5.82 Å². The van der Waals surface area contributed by atoms with Gasteiger partial charge in [-0.3, -0.25) is 0 Å². The quantitative estimate of drug-likeness (QED) is 0.199. The lowest BCUT2D eigenvalue weighted by Crippen LogP contribution is -2.04. The molecule has 0 aliphatic heterocycles. The predicted molar refractivity (Wildman–Crippen MR) is 185 cm³/mol. The van der Waals surface area contributed by atoms with Crippen LogP contribution in [0.3, 0.4) is 0 Å². The molecule has 0 fully saturated rings. The Morgan fingerprint density at radius 3 is 1.50 bits per heavy atom. The highest BCUT2D eigenvalue weighted by Crippen LogP contribution is 2.39. The fourth-order valence-electron chi connectivity index (χ4n) is 6.15. The Balaban J connectivity index is 1.46. The number of hydrogen-bond acceptors (Lipinski definition) is 3. The molecule has 8 rings (SSSR count). The maximum atomic E-state index is 13.9. The Hall–Kier alpha value is -5.94. The Morgan fingerprint density at radius 1 is 0.457 bits per heavy atom. The van der Waals surface area contributed by atoms with Crippen LogP contribution in [-0.2, 0) is 0 Å². The summed E-state index contributed by atoms with van der Waals surface area (Å²) in [7, 11) is 0. The van der Waals surface area contributed by atoms with Crippen molar-refractivity contribution < 1.29 is 4.39 Å². The molecule has 5 heteroatoms. The van der Waals surface area contributed by atoms with Crippen LogP contribution >= 0.6 is 0 Å². The van der Waals surface area contributed by atoms with Crippen LogP contribution in [-0.4, -0.2) is 19.5 Å². The normalized spacial score (nSPS) is 11.4. The van der Waals surface area contributed by atoms with Crippen molar-refractivity contribution in [2.24, 2.45) is 0 Å². The first kappa shape index (κ1) is 27.6. The van der Waals surface area contributed by atoms with Crippen LogP contribution in [0.2, 0.25) is 0 Å². The molecule has 0 aliphatic carbocycles. The van der Waals surface area contributed by atoms with Crippen LogP contribution in [0, 0.1) is 19.7 Å². The SMILES string of the molecule is Cc1ccc2c3ccc(C)cc3n(-c3cc(-c4ccc(F)cc4)ccc3-c3nc(-c4ccccc4)nc(-c4ccccc4)n3)c2c1. The minimum absolute atomic E-state index is 0.263. The summed E-state index contributed by atoms with van der Waals surface area (Å²) >= 11 is 0. The lowest BCUT2D eigenvalue weighted by Gasteiger charge is -2.17. The Kier molecular flexibility index (Phi) is 6.72. The second-order valence-electron chi connectivity index (χ2n) is 11.7. The van der Waals surface area contributed by atoms with Crippen molar-refractivity contribution in [1.29, 1.82) is 0 Å². The summed E-state index contributed by atoms with van der Waals surface area (Å²) in [6.07, 6.45) is 0. The van der Waals surface area contributed by atoms with E-state index in [1.54, 1.807) is 0 Å². The maximum Gasteiger partial charge on any atom is 0.166 e. The largest absolute Gasteiger partial charge is 0.308 e. The van der Waals surface area contributed by atoms with Gasteiger partial charge in [0.05, 0.1) is 16.7 Å². The van der Waals surface area contributed by atoms with Crippen LogP contribution in [0.5, 0.6) is 0 Å². The summed E-state index contributed by atoms with van der Waals surface area (Å²) in [4.78, 5) is 15.1. The molecule has 0 spiro atoms. The molecule has 0 unspecified atom stereocenters. The Morgan fingerprint density at radius 2 is 0.957 bits per heavy atom. The second-order valence-corrected chi connectivity index (χ2v) is 11.7. The topological polar surface area (TPSA) is 43.6 Å². The van der Waals surface area contributed by atoms with E-state index in [9.17, 15) is 4.39 Å².